The van der Waals surface area contributed by atoms with Crippen molar-refractivity contribution in [1.82, 2.24) is 0 Å². The monoisotopic (exact) mass is 713 g/mol. The van der Waals surface area contributed by atoms with Crippen molar-refractivity contribution in [2.75, 3.05) is 0 Å². The molecule has 0 heterocycles. The summed E-state index contributed by atoms with van der Waals surface area (Å²) in [6.07, 6.45) is 0. The molecule has 250 valence electrons. The molecule has 0 aromatic heterocycles. The van der Waals surface area contributed by atoms with Crippen molar-refractivity contribution in [1.29, 1.82) is 0 Å². The molecule has 0 fully saturated rings. The highest BCUT2D eigenvalue weighted by molar-refractivity contribution is 6.30. The van der Waals surface area contributed by atoms with Gasteiger partial charge in [-0.2, -0.15) is 0 Å². The third kappa shape index (κ3) is 4.78. The molecule has 54 heavy (non-hydrogen) atoms. The van der Waals surface area contributed by atoms with E-state index < -0.39 is 296 Å². The second-order valence-corrected chi connectivity index (χ2v) is 12.0. The molecule has 0 heteroatoms. The predicted octanol–water partition coefficient (Wildman–Crippen LogP) is 15.3. The topological polar surface area (TPSA) is 0 Å². The first-order valence-electron chi connectivity index (χ1n) is 31.7. The van der Waals surface area contributed by atoms with Crippen LogP contribution in [0.4, 0.5) is 0 Å². The normalized spacial score (nSPS) is 19.7. The summed E-state index contributed by atoms with van der Waals surface area (Å²) in [5.74, 6) is 0. The summed E-state index contributed by atoms with van der Waals surface area (Å²) in [6.45, 7) is 0. The molecule has 0 saturated carbocycles. The van der Waals surface area contributed by atoms with Crippen molar-refractivity contribution in [2.24, 2.45) is 0 Å². The van der Waals surface area contributed by atoms with Crippen LogP contribution in [-0.4, -0.2) is 0 Å². The Bertz CT molecular complexity index is 4960. The van der Waals surface area contributed by atoms with E-state index >= 15 is 0 Å². The maximum atomic E-state index is 9.75. The van der Waals surface area contributed by atoms with Crippen LogP contribution in [0, 0.1) is 0 Å². The standard InChI is InChI=1S/C54H34/c1-3-15-39-33-41(31-27-35(39)13-1)37-25-29-38(30-26-37)51-43-17-5-9-21-47(43)53(48-22-10-6-18-44(48)51)54-49-23-11-7-19-45(49)52(46-20-8-12-24-50(46)54)42-32-28-36-14-2-4-16-40(36)34-42/h1-34H/i1D,2D,3D,4D,5D,6D,7D,8D,9D,10D,11D,12D,13D,14D,15D,16D,17D,19D,20D,21D,22D,25D,26D,27D,28D,29D,30D,31D,32D,33D,34D. The van der Waals surface area contributed by atoms with E-state index in [9.17, 15) is 17.8 Å². The van der Waals surface area contributed by atoms with Gasteiger partial charge in [-0.1, -0.05) is 193 Å². The van der Waals surface area contributed by atoms with Crippen LogP contribution in [0.15, 0.2) is 206 Å². The summed E-state index contributed by atoms with van der Waals surface area (Å²) < 4.78 is 282. The van der Waals surface area contributed by atoms with Crippen molar-refractivity contribution < 1.29 is 42.5 Å². The van der Waals surface area contributed by atoms with Gasteiger partial charge in [-0.3, -0.25) is 0 Å². The van der Waals surface area contributed by atoms with Crippen LogP contribution in [0.1, 0.15) is 42.5 Å². The predicted molar refractivity (Wildman–Crippen MR) is 233 cm³/mol. The molecule has 0 atom stereocenters. The quantitative estimate of drug-likeness (QED) is 0.159. The second-order valence-electron chi connectivity index (χ2n) is 12.0. The number of fused-ring (bicyclic) bond motifs is 6. The zero-order valence-electron chi connectivity index (χ0n) is 58.2. The first-order chi connectivity index (χ1) is 39.7. The Morgan fingerprint density at radius 1 is 0.222 bits per heavy atom. The molecular weight excluding hydrogens is 649 g/mol. The molecule has 11 aromatic carbocycles. The molecule has 0 amide bonds. The molecule has 0 N–H and O–H groups in total. The lowest BCUT2D eigenvalue weighted by molar-refractivity contribution is 1.63. The van der Waals surface area contributed by atoms with E-state index in [2.05, 4.69) is 0 Å². The Labute approximate surface area is 357 Å². The number of hydrogen-bond acceptors (Lipinski definition) is 0. The molecule has 11 aromatic rings. The largest absolute Gasteiger partial charge is 0.0636 e. The Hall–Kier alpha value is -7.02. The SMILES string of the molecule is [2H]c1cc2c(-c3c4c([2H])c([2H])c([2H])cc4c(-c4c([2H])c([2H])c(-c5c([2H])c([2H])c6c([2H])c([2H])c([2H])c([2H])c6c5[2H])c([2H])c4[2H])c4c([2H])c([2H])c([2H])c([2H])c34)c3cc([2H])c([2H])c([2H])c3c(-c3c([2H])c([2H])c4c([2H])c([2H])c([2H])c([2H])c4c3[2H])c2c([2H])c1[2H]. The van der Waals surface area contributed by atoms with Gasteiger partial charge in [0.05, 0.1) is 42.5 Å². The van der Waals surface area contributed by atoms with E-state index in [-0.39, 0.29) is 0 Å². The first kappa shape index (κ1) is 12.8. The van der Waals surface area contributed by atoms with Gasteiger partial charge in [-0.25, -0.2) is 0 Å². The molecule has 0 unspecified atom stereocenters. The highest BCUT2D eigenvalue weighted by Crippen LogP contribution is 2.50. The van der Waals surface area contributed by atoms with Crippen LogP contribution in [0.5, 0.6) is 0 Å². The average molecular weight is 714 g/mol. The van der Waals surface area contributed by atoms with Crippen molar-refractivity contribution in [3.63, 3.8) is 0 Å². The summed E-state index contributed by atoms with van der Waals surface area (Å²) in [7, 11) is 0. The van der Waals surface area contributed by atoms with Gasteiger partial charge in [-0.05, 0) is 121 Å². The molecule has 0 aliphatic rings. The maximum Gasteiger partial charge on any atom is 0.0636 e. The highest BCUT2D eigenvalue weighted by Gasteiger charge is 2.22. The average Bonchev–Trinajstić information content (AvgIpc) is 2.18. The van der Waals surface area contributed by atoms with Crippen LogP contribution in [0.25, 0.3) is 109 Å². The summed E-state index contributed by atoms with van der Waals surface area (Å²) in [5, 5.41) is -6.66. The number of benzene rings is 11. The lowest BCUT2D eigenvalue weighted by Gasteiger charge is -2.22. The van der Waals surface area contributed by atoms with E-state index in [0.717, 1.165) is 18.2 Å². The number of rotatable bonds is 4. The molecule has 0 aliphatic carbocycles. The summed E-state index contributed by atoms with van der Waals surface area (Å²) >= 11 is 0. The lowest BCUT2D eigenvalue weighted by atomic mass is 9.81. The maximum absolute atomic E-state index is 9.75. The molecule has 0 bridgehead atoms. The molecule has 0 radical (unpaired) electrons. The smallest absolute Gasteiger partial charge is 0.0616 e. The van der Waals surface area contributed by atoms with E-state index in [1.54, 1.807) is 0 Å². The fraction of sp³-hybridized carbons (Fsp3) is 0. The molecular formula is C54H34. The van der Waals surface area contributed by atoms with Gasteiger partial charge in [-0.15, -0.1) is 0 Å². The van der Waals surface area contributed by atoms with Gasteiger partial charge in [0.2, 0.25) is 0 Å². The van der Waals surface area contributed by atoms with Gasteiger partial charge >= 0.3 is 0 Å². The fourth-order valence-electron chi connectivity index (χ4n) is 6.84. The third-order valence-electron chi connectivity index (χ3n) is 9.11. The van der Waals surface area contributed by atoms with Crippen molar-refractivity contribution >= 4 is 64.6 Å². The Kier molecular flexibility index (Phi) is 2.92. The summed E-state index contributed by atoms with van der Waals surface area (Å²) in [4.78, 5) is 0. The van der Waals surface area contributed by atoms with Gasteiger partial charge in [0.25, 0.3) is 0 Å². The molecule has 0 spiro atoms. The minimum Gasteiger partial charge on any atom is -0.0616 e. The van der Waals surface area contributed by atoms with E-state index in [4.69, 9.17) is 24.7 Å². The number of hydrogen-bond donors (Lipinski definition) is 0. The fourth-order valence-corrected chi connectivity index (χ4v) is 6.84. The molecule has 11 rings (SSSR count). The Morgan fingerprint density at radius 2 is 0.556 bits per heavy atom. The van der Waals surface area contributed by atoms with Gasteiger partial charge < -0.3 is 0 Å². The van der Waals surface area contributed by atoms with Crippen molar-refractivity contribution in [2.45, 2.75) is 0 Å². The van der Waals surface area contributed by atoms with Crippen molar-refractivity contribution in [3.8, 4) is 44.5 Å². The Morgan fingerprint density at radius 3 is 1.13 bits per heavy atom. The molecule has 0 saturated heterocycles. The van der Waals surface area contributed by atoms with Crippen LogP contribution in [0.2, 0.25) is 0 Å². The lowest BCUT2D eigenvalue weighted by Crippen LogP contribution is -1.94. The van der Waals surface area contributed by atoms with E-state index in [1.165, 1.54) is 0 Å². The minimum atomic E-state index is -1.06. The van der Waals surface area contributed by atoms with Crippen LogP contribution in [-0.2, 0) is 0 Å². The van der Waals surface area contributed by atoms with Crippen LogP contribution >= 0.6 is 0 Å². The second kappa shape index (κ2) is 12.3. The highest BCUT2D eigenvalue weighted by atomic mass is 14.2. The van der Waals surface area contributed by atoms with E-state index in [0.29, 0.717) is 0 Å². The minimum absolute atomic E-state index is 0.422. The zero-order chi connectivity index (χ0) is 62.6. The molecule has 0 nitrogen and oxygen atoms in total. The zero-order valence-corrected chi connectivity index (χ0v) is 27.2. The third-order valence-corrected chi connectivity index (χ3v) is 9.11. The Balaban J connectivity index is 1.41. The van der Waals surface area contributed by atoms with Crippen molar-refractivity contribution in [3.05, 3.63) is 206 Å². The van der Waals surface area contributed by atoms with Gasteiger partial charge in [0.1, 0.15) is 0 Å². The summed E-state index contributed by atoms with van der Waals surface area (Å²) in [5.41, 5.74) is -5.25. The van der Waals surface area contributed by atoms with Gasteiger partial charge in [0.15, 0.2) is 0 Å². The van der Waals surface area contributed by atoms with Crippen LogP contribution in [0.3, 0.4) is 0 Å². The molecule has 0 aliphatic heterocycles. The first-order valence-corrected chi connectivity index (χ1v) is 16.2. The van der Waals surface area contributed by atoms with Crippen LogP contribution < -0.4 is 0 Å². The summed E-state index contributed by atoms with van der Waals surface area (Å²) in [6, 6.07) is -24.5. The van der Waals surface area contributed by atoms with E-state index in [1.807, 2.05) is 0 Å². The van der Waals surface area contributed by atoms with Gasteiger partial charge in [0, 0.05) is 0 Å².